The van der Waals surface area contributed by atoms with Crippen LogP contribution in [0.4, 0.5) is 5.69 Å². The second-order valence-corrected chi connectivity index (χ2v) is 9.35. The number of aryl methyl sites for hydroxylation is 1. The molecular weight excluding hydrogens is 421 g/mol. The number of fused-ring (bicyclic) bond motifs is 2. The molecule has 4 rings (SSSR count). The number of anilines is 1. The lowest BCUT2D eigenvalue weighted by atomic mass is 9.92. The van der Waals surface area contributed by atoms with Gasteiger partial charge >= 0.3 is 7.60 Å². The molecule has 1 N–H and O–H groups in total. The van der Waals surface area contributed by atoms with Crippen molar-refractivity contribution in [2.75, 3.05) is 33.4 Å². The molecule has 8 nitrogen and oxygen atoms in total. The highest BCUT2D eigenvalue weighted by Gasteiger charge is 2.38. The molecule has 0 saturated heterocycles. The summed E-state index contributed by atoms with van der Waals surface area (Å²) in [5.41, 5.74) is 3.84. The molecule has 0 fully saturated rings. The fourth-order valence-corrected chi connectivity index (χ4v) is 5.44. The van der Waals surface area contributed by atoms with Gasteiger partial charge in [0.25, 0.3) is 5.91 Å². The van der Waals surface area contributed by atoms with Crippen molar-refractivity contribution in [3.63, 3.8) is 0 Å². The molecule has 2 heterocycles. The molecule has 9 heteroatoms. The van der Waals surface area contributed by atoms with E-state index >= 15 is 0 Å². The van der Waals surface area contributed by atoms with Crippen molar-refractivity contribution in [2.24, 2.45) is 0 Å². The van der Waals surface area contributed by atoms with Crippen molar-refractivity contribution in [1.29, 1.82) is 0 Å². The SMILES string of the molecule is CCC(=C1C(=O)Nc2cc(C)cc(P(=O)(OC)OC)c21)c1cc(OC)c2c(c1)OCO2. The molecule has 31 heavy (non-hydrogen) atoms. The van der Waals surface area contributed by atoms with Crippen LogP contribution in [0.5, 0.6) is 17.2 Å². The zero-order chi connectivity index (χ0) is 22.3. The first kappa shape index (κ1) is 21.4. The van der Waals surface area contributed by atoms with Crippen LogP contribution >= 0.6 is 7.60 Å². The zero-order valence-corrected chi connectivity index (χ0v) is 18.9. The maximum absolute atomic E-state index is 13.4. The molecule has 0 unspecified atom stereocenters. The number of methoxy groups -OCH3 is 1. The summed E-state index contributed by atoms with van der Waals surface area (Å²) in [6.45, 7) is 3.91. The number of carbonyl (C=O) groups excluding carboxylic acids is 1. The number of rotatable bonds is 6. The second-order valence-electron chi connectivity index (χ2n) is 7.14. The van der Waals surface area contributed by atoms with Gasteiger partial charge < -0.3 is 28.6 Å². The lowest BCUT2D eigenvalue weighted by molar-refractivity contribution is -0.110. The summed E-state index contributed by atoms with van der Waals surface area (Å²) in [7, 11) is 0.575. The van der Waals surface area contributed by atoms with Crippen molar-refractivity contribution in [1.82, 2.24) is 0 Å². The molecular formula is C22H24NO7P. The van der Waals surface area contributed by atoms with Crippen molar-refractivity contribution in [3.8, 4) is 17.2 Å². The maximum Gasteiger partial charge on any atom is 0.361 e. The van der Waals surface area contributed by atoms with Crippen LogP contribution in [0.25, 0.3) is 11.1 Å². The van der Waals surface area contributed by atoms with Crippen LogP contribution in [0.2, 0.25) is 0 Å². The van der Waals surface area contributed by atoms with E-state index in [4.69, 9.17) is 23.3 Å². The molecule has 164 valence electrons. The average molecular weight is 445 g/mol. The van der Waals surface area contributed by atoms with Crippen molar-refractivity contribution >= 4 is 35.6 Å². The van der Waals surface area contributed by atoms with Crippen LogP contribution in [-0.2, 0) is 18.4 Å². The Labute approximate surface area is 180 Å². The first-order valence-electron chi connectivity index (χ1n) is 9.76. The van der Waals surface area contributed by atoms with Crippen molar-refractivity contribution in [3.05, 3.63) is 41.0 Å². The largest absolute Gasteiger partial charge is 0.493 e. The third-order valence-corrected chi connectivity index (χ3v) is 7.33. The smallest absolute Gasteiger partial charge is 0.361 e. The highest BCUT2D eigenvalue weighted by atomic mass is 31.2. The molecule has 2 aliphatic heterocycles. The van der Waals surface area contributed by atoms with E-state index in [1.54, 1.807) is 13.2 Å². The Balaban J connectivity index is 2.02. The van der Waals surface area contributed by atoms with Crippen LogP contribution in [0, 0.1) is 6.92 Å². The van der Waals surface area contributed by atoms with Crippen LogP contribution in [0.3, 0.4) is 0 Å². The summed E-state index contributed by atoms with van der Waals surface area (Å²) in [5.74, 6) is 1.30. The number of benzene rings is 2. The zero-order valence-electron chi connectivity index (χ0n) is 18.0. The van der Waals surface area contributed by atoms with E-state index in [1.807, 2.05) is 32.0 Å². The molecule has 0 spiro atoms. The normalized spacial score (nSPS) is 16.2. The van der Waals surface area contributed by atoms with E-state index in [2.05, 4.69) is 5.32 Å². The summed E-state index contributed by atoms with van der Waals surface area (Å²) < 4.78 is 40.4. The van der Waals surface area contributed by atoms with Gasteiger partial charge in [0.15, 0.2) is 11.5 Å². The van der Waals surface area contributed by atoms with Gasteiger partial charge in [-0.05, 0) is 54.3 Å². The summed E-state index contributed by atoms with van der Waals surface area (Å²) in [6.07, 6.45) is 0.530. The van der Waals surface area contributed by atoms with E-state index in [-0.39, 0.29) is 12.7 Å². The molecule has 1 amide bonds. The van der Waals surface area contributed by atoms with Gasteiger partial charge in [-0.15, -0.1) is 0 Å². The topological polar surface area (TPSA) is 92.3 Å². The van der Waals surface area contributed by atoms with Crippen molar-refractivity contribution < 1.29 is 32.6 Å². The summed E-state index contributed by atoms with van der Waals surface area (Å²) in [5, 5.41) is 3.25. The summed E-state index contributed by atoms with van der Waals surface area (Å²) in [4.78, 5) is 13.1. The quantitative estimate of drug-likeness (QED) is 0.528. The lowest BCUT2D eigenvalue weighted by Crippen LogP contribution is -2.14. The Morgan fingerprint density at radius 3 is 2.52 bits per heavy atom. The Bertz CT molecular complexity index is 1150. The van der Waals surface area contributed by atoms with Gasteiger partial charge in [0.05, 0.1) is 23.7 Å². The standard InChI is InChI=1S/C22H24NO7P/c1-6-14(13-9-16(26-3)21-17(10-13)29-11-30-21)19-20-15(23-22(19)24)7-12(2)8-18(20)31(25,27-4)28-5/h7-10H,6,11H2,1-5H3,(H,23,24). The number of carbonyl (C=O) groups is 1. The monoisotopic (exact) mass is 445 g/mol. The van der Waals surface area contributed by atoms with Gasteiger partial charge in [-0.1, -0.05) is 6.92 Å². The fraction of sp³-hybridized carbons (Fsp3) is 0.318. The fourth-order valence-electron chi connectivity index (χ4n) is 4.03. The number of allylic oxidation sites excluding steroid dienone is 1. The summed E-state index contributed by atoms with van der Waals surface area (Å²) in [6, 6.07) is 7.21. The van der Waals surface area contributed by atoms with Gasteiger partial charge in [0.1, 0.15) is 0 Å². The molecule has 0 atom stereocenters. The van der Waals surface area contributed by atoms with Gasteiger partial charge in [-0.2, -0.15) is 0 Å². The van der Waals surface area contributed by atoms with Crippen LogP contribution < -0.4 is 24.8 Å². The minimum Gasteiger partial charge on any atom is -0.493 e. The van der Waals surface area contributed by atoms with Crippen LogP contribution in [0.1, 0.15) is 30.0 Å². The third-order valence-electron chi connectivity index (χ3n) is 5.43. The first-order valence-corrected chi connectivity index (χ1v) is 11.3. The van der Waals surface area contributed by atoms with Gasteiger partial charge in [-0.25, -0.2) is 0 Å². The van der Waals surface area contributed by atoms with Gasteiger partial charge in [-0.3, -0.25) is 9.36 Å². The predicted molar refractivity (Wildman–Crippen MR) is 117 cm³/mol. The lowest BCUT2D eigenvalue weighted by Gasteiger charge is -2.19. The van der Waals surface area contributed by atoms with E-state index in [0.717, 1.165) is 16.7 Å². The molecule has 2 aromatic rings. The van der Waals surface area contributed by atoms with Crippen LogP contribution in [0.15, 0.2) is 24.3 Å². The first-order chi connectivity index (χ1) is 14.9. The highest BCUT2D eigenvalue weighted by molar-refractivity contribution is 7.62. The Morgan fingerprint density at radius 1 is 1.13 bits per heavy atom. The highest BCUT2D eigenvalue weighted by Crippen LogP contribution is 2.51. The number of hydrogen-bond acceptors (Lipinski definition) is 7. The van der Waals surface area contributed by atoms with E-state index < -0.39 is 7.60 Å². The average Bonchev–Trinajstić information content (AvgIpc) is 3.37. The van der Waals surface area contributed by atoms with E-state index in [9.17, 15) is 9.36 Å². The molecule has 0 aliphatic carbocycles. The Kier molecular flexibility index (Phi) is 5.56. The number of amides is 1. The van der Waals surface area contributed by atoms with Crippen molar-refractivity contribution in [2.45, 2.75) is 20.3 Å². The number of hydrogen-bond donors (Lipinski definition) is 1. The van der Waals surface area contributed by atoms with E-state index in [0.29, 0.717) is 45.8 Å². The minimum atomic E-state index is -3.63. The number of ether oxygens (including phenoxy) is 3. The molecule has 0 radical (unpaired) electrons. The minimum absolute atomic E-state index is 0.102. The molecule has 2 aromatic carbocycles. The van der Waals surface area contributed by atoms with E-state index in [1.165, 1.54) is 14.2 Å². The third kappa shape index (κ3) is 3.41. The number of nitrogens with one attached hydrogen (secondary N) is 1. The molecule has 2 aliphatic rings. The molecule has 0 saturated carbocycles. The summed E-state index contributed by atoms with van der Waals surface area (Å²) >= 11 is 0. The Hall–Kier alpha value is -2.80. The maximum atomic E-state index is 13.4. The van der Waals surface area contributed by atoms with Gasteiger partial charge in [0, 0.05) is 19.8 Å². The molecule has 0 aromatic heterocycles. The van der Waals surface area contributed by atoms with Gasteiger partial charge in [0.2, 0.25) is 12.5 Å². The van der Waals surface area contributed by atoms with Crippen LogP contribution in [-0.4, -0.2) is 34.0 Å². The second kappa shape index (κ2) is 8.04. The molecule has 0 bridgehead atoms. The predicted octanol–water partition coefficient (Wildman–Crippen LogP) is 4.12. The Morgan fingerprint density at radius 2 is 1.87 bits per heavy atom.